The van der Waals surface area contributed by atoms with Crippen molar-refractivity contribution in [2.45, 2.75) is 11.2 Å². The van der Waals surface area contributed by atoms with Gasteiger partial charge in [0.2, 0.25) is 0 Å². The number of benzene rings is 1. The lowest BCUT2D eigenvalue weighted by molar-refractivity contribution is -0.384. The first-order chi connectivity index (χ1) is 9.20. The van der Waals surface area contributed by atoms with Gasteiger partial charge in [-0.2, -0.15) is 0 Å². The van der Waals surface area contributed by atoms with Gasteiger partial charge in [0.25, 0.3) is 5.69 Å². The number of aliphatic hydroxyl groups excluding tert-OH is 1. The Morgan fingerprint density at radius 3 is 3.05 bits per heavy atom. The molecular weight excluding hydrogens is 266 g/mol. The van der Waals surface area contributed by atoms with E-state index < -0.39 is 4.92 Å². The molecule has 1 aromatic heterocycles. The van der Waals surface area contributed by atoms with E-state index in [4.69, 9.17) is 0 Å². The summed E-state index contributed by atoms with van der Waals surface area (Å²) in [6.07, 6.45) is 1.78. The van der Waals surface area contributed by atoms with Crippen LogP contribution < -0.4 is 0 Å². The van der Waals surface area contributed by atoms with Gasteiger partial charge in [0, 0.05) is 18.0 Å². The fourth-order valence-electron chi connectivity index (χ4n) is 2.12. The molecule has 2 heterocycles. The highest BCUT2D eigenvalue weighted by Crippen LogP contribution is 2.37. The Morgan fingerprint density at radius 1 is 1.53 bits per heavy atom. The van der Waals surface area contributed by atoms with E-state index in [0.717, 1.165) is 10.9 Å². The molecule has 1 aromatic carbocycles. The van der Waals surface area contributed by atoms with Gasteiger partial charge in [-0.05, 0) is 6.07 Å². The average molecular weight is 277 g/mol. The van der Waals surface area contributed by atoms with Gasteiger partial charge >= 0.3 is 0 Å². The molecule has 0 saturated carbocycles. The molecule has 1 unspecified atom stereocenters. The number of hydrogen-bond acceptors (Lipinski definition) is 5. The molecule has 3 rings (SSSR count). The highest BCUT2D eigenvalue weighted by atomic mass is 32.2. The van der Waals surface area contributed by atoms with Crippen molar-refractivity contribution in [2.24, 2.45) is 0 Å². The molecule has 0 aliphatic carbocycles. The van der Waals surface area contributed by atoms with E-state index in [-0.39, 0.29) is 18.3 Å². The summed E-state index contributed by atoms with van der Waals surface area (Å²) >= 11 is 1.55. The van der Waals surface area contributed by atoms with Crippen LogP contribution in [-0.4, -0.2) is 31.9 Å². The van der Waals surface area contributed by atoms with Gasteiger partial charge in [-0.3, -0.25) is 10.1 Å². The van der Waals surface area contributed by atoms with E-state index in [1.165, 1.54) is 6.07 Å². The summed E-state index contributed by atoms with van der Waals surface area (Å²) in [4.78, 5) is 15.0. The second-order valence-electron chi connectivity index (χ2n) is 4.24. The minimum atomic E-state index is -0.406. The minimum Gasteiger partial charge on any atom is -0.394 e. The maximum absolute atomic E-state index is 11.0. The molecular formula is C12H11N3O3S. The molecule has 6 nitrogen and oxygen atoms in total. The summed E-state index contributed by atoms with van der Waals surface area (Å²) in [5.41, 5.74) is 1.13. The van der Waals surface area contributed by atoms with Gasteiger partial charge in [0.1, 0.15) is 0 Å². The normalized spacial score (nSPS) is 17.4. The molecule has 2 aromatic rings. The third kappa shape index (κ3) is 2.00. The van der Waals surface area contributed by atoms with E-state index >= 15 is 0 Å². The predicted molar refractivity (Wildman–Crippen MR) is 71.2 cm³/mol. The van der Waals surface area contributed by atoms with Crippen LogP contribution in [0.2, 0.25) is 0 Å². The number of thioether (sulfide) groups is 1. The molecule has 0 saturated heterocycles. The van der Waals surface area contributed by atoms with E-state index in [9.17, 15) is 15.2 Å². The van der Waals surface area contributed by atoms with Crippen LogP contribution in [0.15, 0.2) is 35.6 Å². The van der Waals surface area contributed by atoms with Crippen LogP contribution >= 0.6 is 11.8 Å². The number of aromatic nitrogens is 2. The third-order valence-electron chi connectivity index (χ3n) is 3.08. The number of para-hydroxylation sites is 1. The molecule has 1 aliphatic rings. The Morgan fingerprint density at radius 2 is 2.32 bits per heavy atom. The molecule has 0 fully saturated rings. The highest BCUT2D eigenvalue weighted by molar-refractivity contribution is 7.99. The quantitative estimate of drug-likeness (QED) is 0.686. The lowest BCUT2D eigenvalue weighted by atomic mass is 10.1. The molecule has 0 spiro atoms. The van der Waals surface area contributed by atoms with Crippen molar-refractivity contribution < 1.29 is 10.0 Å². The fourth-order valence-corrected chi connectivity index (χ4v) is 3.24. The summed E-state index contributed by atoms with van der Waals surface area (Å²) in [6.45, 7) is 0.0483. The zero-order valence-corrected chi connectivity index (χ0v) is 10.7. The highest BCUT2D eigenvalue weighted by Gasteiger charge is 2.26. The molecule has 7 heteroatoms. The number of aliphatic hydroxyl groups is 1. The van der Waals surface area contributed by atoms with Gasteiger partial charge in [-0.15, -0.1) is 0 Å². The first-order valence-corrected chi connectivity index (χ1v) is 6.75. The van der Waals surface area contributed by atoms with Gasteiger partial charge in [-0.1, -0.05) is 23.9 Å². The van der Waals surface area contributed by atoms with Gasteiger partial charge in [-0.25, -0.2) is 4.98 Å². The monoisotopic (exact) mass is 277 g/mol. The zero-order valence-electron chi connectivity index (χ0n) is 9.89. The van der Waals surface area contributed by atoms with E-state index in [0.29, 0.717) is 11.3 Å². The van der Waals surface area contributed by atoms with Crippen LogP contribution in [0.3, 0.4) is 0 Å². The summed E-state index contributed by atoms with van der Waals surface area (Å²) in [6, 6.07) is 6.55. The summed E-state index contributed by atoms with van der Waals surface area (Å²) < 4.78 is 1.89. The second kappa shape index (κ2) is 4.67. The van der Waals surface area contributed by atoms with Crippen molar-refractivity contribution in [2.75, 3.05) is 12.4 Å². The third-order valence-corrected chi connectivity index (χ3v) is 4.20. The molecule has 0 bridgehead atoms. The van der Waals surface area contributed by atoms with Crippen molar-refractivity contribution >= 4 is 17.4 Å². The van der Waals surface area contributed by atoms with Crippen molar-refractivity contribution in [3.8, 4) is 11.3 Å². The molecule has 1 atom stereocenters. The Bertz CT molecular complexity index is 641. The maximum Gasteiger partial charge on any atom is 0.278 e. The number of rotatable bonds is 3. The van der Waals surface area contributed by atoms with Crippen LogP contribution in [0.25, 0.3) is 11.3 Å². The lowest BCUT2D eigenvalue weighted by Crippen LogP contribution is -2.09. The van der Waals surface area contributed by atoms with Crippen LogP contribution in [0.1, 0.15) is 6.04 Å². The topological polar surface area (TPSA) is 81.2 Å². The summed E-state index contributed by atoms with van der Waals surface area (Å²) in [5, 5.41) is 21.1. The van der Waals surface area contributed by atoms with E-state index in [1.807, 2.05) is 4.57 Å². The minimum absolute atomic E-state index is 0.00372. The van der Waals surface area contributed by atoms with Crippen molar-refractivity contribution in [1.82, 2.24) is 9.55 Å². The standard InChI is InChI=1S/C12H11N3O3S/c16-6-8-7-19-12-13-10(5-14(8)12)9-3-1-2-4-11(9)15(17)18/h1-5,8,16H,6-7H2. The Labute approximate surface area is 113 Å². The largest absolute Gasteiger partial charge is 0.394 e. The average Bonchev–Trinajstić information content (AvgIpc) is 2.98. The number of imidazole rings is 1. The fraction of sp³-hybridized carbons (Fsp3) is 0.250. The SMILES string of the molecule is O=[N+]([O-])c1ccccc1-c1cn2c(n1)SCC2CO. The zero-order chi connectivity index (χ0) is 13.4. The Kier molecular flexibility index (Phi) is 3.00. The Hall–Kier alpha value is -1.86. The van der Waals surface area contributed by atoms with E-state index in [1.54, 1.807) is 36.2 Å². The summed E-state index contributed by atoms with van der Waals surface area (Å²) in [5.74, 6) is 0.788. The van der Waals surface area contributed by atoms with E-state index in [2.05, 4.69) is 4.98 Å². The van der Waals surface area contributed by atoms with Crippen LogP contribution in [-0.2, 0) is 0 Å². The van der Waals surface area contributed by atoms with Crippen LogP contribution in [0.5, 0.6) is 0 Å². The molecule has 98 valence electrons. The molecule has 1 aliphatic heterocycles. The van der Waals surface area contributed by atoms with Crippen LogP contribution in [0.4, 0.5) is 5.69 Å². The Balaban J connectivity index is 2.07. The number of fused-ring (bicyclic) bond motifs is 1. The maximum atomic E-state index is 11.0. The predicted octanol–water partition coefficient (Wildman–Crippen LogP) is 2.10. The van der Waals surface area contributed by atoms with Crippen molar-refractivity contribution in [3.63, 3.8) is 0 Å². The molecule has 0 radical (unpaired) electrons. The first kappa shape index (κ1) is 12.2. The van der Waals surface area contributed by atoms with Crippen molar-refractivity contribution in [1.29, 1.82) is 0 Å². The number of nitro groups is 1. The molecule has 1 N–H and O–H groups in total. The van der Waals surface area contributed by atoms with Gasteiger partial charge in [0.05, 0.1) is 28.8 Å². The van der Waals surface area contributed by atoms with Gasteiger partial charge < -0.3 is 9.67 Å². The second-order valence-corrected chi connectivity index (χ2v) is 5.22. The first-order valence-electron chi connectivity index (χ1n) is 5.77. The molecule has 0 amide bonds. The van der Waals surface area contributed by atoms with Crippen LogP contribution in [0, 0.1) is 10.1 Å². The molecule has 19 heavy (non-hydrogen) atoms. The number of nitro benzene ring substituents is 1. The van der Waals surface area contributed by atoms with Crippen molar-refractivity contribution in [3.05, 3.63) is 40.6 Å². The summed E-state index contributed by atoms with van der Waals surface area (Å²) in [7, 11) is 0. The smallest absolute Gasteiger partial charge is 0.278 e. The van der Waals surface area contributed by atoms with Gasteiger partial charge in [0.15, 0.2) is 5.16 Å². The number of hydrogen-bond donors (Lipinski definition) is 1. The number of nitrogens with zero attached hydrogens (tertiary/aromatic N) is 3. The lowest BCUT2D eigenvalue weighted by Gasteiger charge is -2.06.